The highest BCUT2D eigenvalue weighted by atomic mass is 32.1. The third-order valence-corrected chi connectivity index (χ3v) is 16.5. The van der Waals surface area contributed by atoms with Gasteiger partial charge in [-0.25, -0.2) is 19.8 Å². The quantitative estimate of drug-likeness (QED) is 0.0265. The van der Waals surface area contributed by atoms with Gasteiger partial charge in [-0.1, -0.05) is 88.7 Å². The van der Waals surface area contributed by atoms with Crippen molar-refractivity contribution in [3.63, 3.8) is 0 Å². The summed E-state index contributed by atoms with van der Waals surface area (Å²) in [5.41, 5.74) is 11.3. The van der Waals surface area contributed by atoms with Crippen molar-refractivity contribution in [2.45, 2.75) is 162 Å². The lowest BCUT2D eigenvalue weighted by Crippen LogP contribution is -2.64. The zero-order valence-corrected chi connectivity index (χ0v) is 42.2. The summed E-state index contributed by atoms with van der Waals surface area (Å²) in [6.07, 6.45) is 24.3. The molecule has 4 aliphatic carbocycles. The molecule has 366 valence electrons. The van der Waals surface area contributed by atoms with E-state index in [0.717, 1.165) is 105 Å². The van der Waals surface area contributed by atoms with Gasteiger partial charge in [0.25, 0.3) is 0 Å². The molecule has 0 amide bonds. The number of aliphatic imine (C=N–C) groups is 1. The number of aromatic nitrogens is 4. The molecule has 5 aliphatic rings. The predicted molar refractivity (Wildman–Crippen MR) is 274 cm³/mol. The number of pyridine rings is 1. The van der Waals surface area contributed by atoms with Crippen LogP contribution in [0.15, 0.2) is 58.7 Å². The molecule has 4 saturated carbocycles. The van der Waals surface area contributed by atoms with Crippen molar-refractivity contribution in [1.82, 2.24) is 24.6 Å². The van der Waals surface area contributed by atoms with Gasteiger partial charge in [-0.05, 0) is 138 Å². The average molecular weight is 946 g/mol. The molecule has 4 heterocycles. The Labute approximate surface area is 407 Å². The first-order valence-corrected chi connectivity index (χ1v) is 26.2. The minimum atomic E-state index is -1.12. The maximum atomic E-state index is 13.0. The summed E-state index contributed by atoms with van der Waals surface area (Å²) < 4.78 is 10.3. The maximum Gasteiger partial charge on any atom is 0.355 e. The molecule has 2 atom stereocenters. The van der Waals surface area contributed by atoms with Crippen LogP contribution in [0.5, 0.6) is 0 Å². The van der Waals surface area contributed by atoms with E-state index < -0.39 is 5.97 Å². The second kappa shape index (κ2) is 21.1. The lowest BCUT2D eigenvalue weighted by atomic mass is 9.39. The summed E-state index contributed by atoms with van der Waals surface area (Å²) in [4.78, 5) is 41.6. The minimum Gasteiger partial charge on any atom is -0.476 e. The second-order valence-corrected chi connectivity index (χ2v) is 22.9. The summed E-state index contributed by atoms with van der Waals surface area (Å²) >= 11 is 1.47. The van der Waals surface area contributed by atoms with Gasteiger partial charge in [-0.2, -0.15) is 5.10 Å². The fraction of sp³-hybridized carbons (Fsp3) is 0.611. The van der Waals surface area contributed by atoms with Crippen molar-refractivity contribution >= 4 is 56.4 Å². The molecule has 68 heavy (non-hydrogen) atoms. The predicted octanol–water partition coefficient (Wildman–Crippen LogP) is 11.7. The van der Waals surface area contributed by atoms with Crippen LogP contribution in [-0.2, 0) is 16.1 Å². The summed E-state index contributed by atoms with van der Waals surface area (Å²) in [6, 6.07) is 11.5. The number of thiazole rings is 1. The van der Waals surface area contributed by atoms with Gasteiger partial charge in [0.15, 0.2) is 5.69 Å². The number of carboxylic acid groups (broad SMARTS) is 1. The number of anilines is 1. The van der Waals surface area contributed by atoms with E-state index in [1.807, 2.05) is 49.5 Å². The van der Waals surface area contributed by atoms with E-state index in [9.17, 15) is 20.1 Å². The van der Waals surface area contributed by atoms with E-state index in [1.54, 1.807) is 4.90 Å². The molecule has 14 heteroatoms. The average Bonchev–Trinajstić information content (AvgIpc) is 3.86. The molecule has 4 bridgehead atoms. The smallest absolute Gasteiger partial charge is 0.355 e. The standard InChI is InChI=1S/C54H75N9O4S/c1-38(47(55)60-50-58-43-21-15-16-22-44(43)68-50)40-20-19-26-62(48(40)56)45-24-23-41(46(59-45)49(65)66)42-30-57-63(39(42)2)37-53-32-51(3)31-52(4,33-53)35-54(34-51,36-53)67-29-27-61(5)25-17-13-11-9-7-6-8-10-12-14-18-28-64/h15-16,21-24,28,30,56H,6-14,17-20,25-27,29,31-37H2,1-5H3,(H,65,66)(H2,55,58,60)/b40-38-,56-48?. The largest absolute Gasteiger partial charge is 0.476 e. The highest BCUT2D eigenvalue weighted by molar-refractivity contribution is 7.22. The number of nitrogens with one attached hydrogen (secondary N) is 1. The van der Waals surface area contributed by atoms with E-state index in [-0.39, 0.29) is 33.4 Å². The number of carbonyl (C=O) groups excluding carboxylic acids is 1. The highest BCUT2D eigenvalue weighted by Crippen LogP contribution is 2.72. The topological polar surface area (TPSA) is 176 Å². The maximum absolute atomic E-state index is 13.0. The van der Waals surface area contributed by atoms with E-state index in [2.05, 4.69) is 47.4 Å². The van der Waals surface area contributed by atoms with Crippen LogP contribution in [0.2, 0.25) is 0 Å². The van der Waals surface area contributed by atoms with Crippen molar-refractivity contribution in [3.05, 3.63) is 65.1 Å². The number of benzene rings is 1. The van der Waals surface area contributed by atoms with Gasteiger partial charge in [-0.3, -0.25) is 10.1 Å². The molecule has 0 radical (unpaired) electrons. The normalized spacial score (nSPS) is 25.5. The molecule has 4 aromatic rings. The third-order valence-electron chi connectivity index (χ3n) is 15.6. The van der Waals surface area contributed by atoms with E-state index in [4.69, 9.17) is 20.6 Å². The number of amidine groups is 2. The molecule has 4 N–H and O–H groups in total. The lowest BCUT2D eigenvalue weighted by Gasteiger charge is -2.69. The number of nitrogens with zero attached hydrogens (tertiary/aromatic N) is 7. The van der Waals surface area contributed by atoms with Crippen molar-refractivity contribution in [1.29, 1.82) is 5.41 Å². The number of para-hydroxylation sites is 1. The van der Waals surface area contributed by atoms with Gasteiger partial charge in [0, 0.05) is 48.4 Å². The van der Waals surface area contributed by atoms with E-state index >= 15 is 0 Å². The monoisotopic (exact) mass is 946 g/mol. The Morgan fingerprint density at radius 2 is 1.62 bits per heavy atom. The molecule has 9 rings (SSSR count). The summed E-state index contributed by atoms with van der Waals surface area (Å²) in [5, 5.41) is 25.4. The molecule has 0 spiro atoms. The van der Waals surface area contributed by atoms with Crippen LogP contribution in [0, 0.1) is 28.6 Å². The first-order valence-electron chi connectivity index (χ1n) is 25.4. The van der Waals surface area contributed by atoms with Crippen molar-refractivity contribution in [2.24, 2.45) is 27.0 Å². The third kappa shape index (κ3) is 11.3. The van der Waals surface area contributed by atoms with Crippen molar-refractivity contribution in [2.75, 3.05) is 38.2 Å². The number of aromatic carboxylic acids is 1. The number of likely N-dealkylation sites (N-methyl/N-ethyl adjacent to an activating group) is 1. The number of carbonyl (C=O) groups is 2. The molecule has 5 fully saturated rings. The fourth-order valence-electron chi connectivity index (χ4n) is 13.5. The number of carboxylic acids is 1. The molecule has 1 saturated heterocycles. The van der Waals surface area contributed by atoms with Crippen LogP contribution in [0.3, 0.4) is 0 Å². The van der Waals surface area contributed by atoms with Crippen LogP contribution < -0.4 is 10.6 Å². The SMILES string of the molecule is CC(/C(N)=N/c1nc2ccccc2s1)=C1\CCCN(c2ccc(-c3cnn(CC45CC6(C)CC(C)(C4)CC(OCCN(C)CCCCCCCCCCCCC=O)(C6)C5)c3C)c(C(=O)O)n2)C1=N. The fourth-order valence-corrected chi connectivity index (χ4v) is 14.4. The summed E-state index contributed by atoms with van der Waals surface area (Å²) in [7, 11) is 2.24. The number of fused-ring (bicyclic) bond motifs is 1. The van der Waals surface area contributed by atoms with Crippen molar-refractivity contribution in [3.8, 4) is 11.1 Å². The number of piperidine rings is 1. The molecular formula is C54H75N9O4S. The lowest BCUT2D eigenvalue weighted by molar-refractivity contribution is -0.248. The Hall–Kier alpha value is -4.79. The van der Waals surface area contributed by atoms with Gasteiger partial charge in [0.05, 0.1) is 28.6 Å². The number of rotatable bonds is 24. The van der Waals surface area contributed by atoms with Crippen LogP contribution in [-0.4, -0.2) is 92.6 Å². The van der Waals surface area contributed by atoms with Gasteiger partial charge < -0.3 is 30.2 Å². The zero-order valence-electron chi connectivity index (χ0n) is 41.4. The first-order chi connectivity index (χ1) is 32.6. The van der Waals surface area contributed by atoms with Crippen LogP contribution in [0.4, 0.5) is 10.9 Å². The van der Waals surface area contributed by atoms with Gasteiger partial charge in [0.2, 0.25) is 5.13 Å². The van der Waals surface area contributed by atoms with Crippen LogP contribution >= 0.6 is 11.3 Å². The van der Waals surface area contributed by atoms with E-state index in [1.165, 1.54) is 75.5 Å². The van der Waals surface area contributed by atoms with E-state index in [0.29, 0.717) is 47.3 Å². The Balaban J connectivity index is 0.894. The number of nitrogens with two attached hydrogens (primary N) is 1. The van der Waals surface area contributed by atoms with Gasteiger partial charge in [-0.15, -0.1) is 0 Å². The highest BCUT2D eigenvalue weighted by Gasteiger charge is 2.66. The molecule has 1 aromatic carbocycles. The molecule has 2 unspecified atom stereocenters. The van der Waals surface area contributed by atoms with Gasteiger partial charge >= 0.3 is 5.97 Å². The Morgan fingerprint density at radius 3 is 2.31 bits per heavy atom. The zero-order chi connectivity index (χ0) is 48.1. The number of ether oxygens (including phenoxy) is 1. The van der Waals surface area contributed by atoms with Crippen molar-refractivity contribution < 1.29 is 19.4 Å². The Bertz CT molecular complexity index is 2470. The van der Waals surface area contributed by atoms with Crippen LogP contribution in [0.25, 0.3) is 21.3 Å². The number of unbranched alkanes of at least 4 members (excludes halogenated alkanes) is 10. The minimum absolute atomic E-state index is 0.0345. The molecular weight excluding hydrogens is 871 g/mol. The number of hydrogen-bond acceptors (Lipinski definition) is 10. The Morgan fingerprint density at radius 1 is 0.926 bits per heavy atom. The van der Waals surface area contributed by atoms with Crippen LogP contribution in [0.1, 0.15) is 159 Å². The molecule has 3 aromatic heterocycles. The Kier molecular flexibility index (Phi) is 15.4. The summed E-state index contributed by atoms with van der Waals surface area (Å²) in [5.74, 6) is -0.154. The molecule has 1 aliphatic heterocycles. The number of aldehydes is 1. The second-order valence-electron chi connectivity index (χ2n) is 21.8. The number of hydrogen-bond donors (Lipinski definition) is 3. The molecule has 13 nitrogen and oxygen atoms in total. The summed E-state index contributed by atoms with van der Waals surface area (Å²) in [6.45, 7) is 13.0. The van der Waals surface area contributed by atoms with Gasteiger partial charge in [0.1, 0.15) is 23.8 Å². The first kappa shape index (κ1) is 49.6.